The summed E-state index contributed by atoms with van der Waals surface area (Å²) < 4.78 is 16.6. The first-order chi connectivity index (χ1) is 16.8. The standard InChI is InChI=1S/C26H48O9/c1-3-4-5-6-7-8-9-10-11-12-15-20(16-13-14-17-22(28)29)34-26-25(32)24(31)23(30)21(35-26)18-33-19(2)27/h20-21,23-26,30-32H,3-18H2,1-2H3,(H,28,29). The predicted molar refractivity (Wildman–Crippen MR) is 131 cm³/mol. The van der Waals surface area contributed by atoms with E-state index in [0.29, 0.717) is 19.3 Å². The van der Waals surface area contributed by atoms with Crippen molar-refractivity contribution in [2.75, 3.05) is 6.61 Å². The number of aliphatic hydroxyl groups is 3. The van der Waals surface area contributed by atoms with Gasteiger partial charge in [-0.1, -0.05) is 77.6 Å². The zero-order valence-corrected chi connectivity index (χ0v) is 21.6. The van der Waals surface area contributed by atoms with Gasteiger partial charge in [-0.05, 0) is 19.3 Å². The fraction of sp³-hybridized carbons (Fsp3) is 0.923. The normalized spacial score (nSPS) is 25.3. The van der Waals surface area contributed by atoms with Crippen molar-refractivity contribution in [2.45, 2.75) is 147 Å². The number of carbonyl (C=O) groups excluding carboxylic acids is 1. The molecular formula is C26H48O9. The fourth-order valence-corrected chi connectivity index (χ4v) is 4.34. The van der Waals surface area contributed by atoms with Gasteiger partial charge in [0.05, 0.1) is 6.10 Å². The van der Waals surface area contributed by atoms with Crippen molar-refractivity contribution in [3.8, 4) is 0 Å². The number of unbranched alkanes of at least 4 members (excludes halogenated alkanes) is 10. The van der Waals surface area contributed by atoms with Crippen molar-refractivity contribution >= 4 is 11.9 Å². The molecule has 0 aromatic carbocycles. The zero-order valence-electron chi connectivity index (χ0n) is 21.6. The van der Waals surface area contributed by atoms with Crippen LogP contribution in [-0.2, 0) is 23.8 Å². The Morgan fingerprint density at radius 3 is 1.89 bits per heavy atom. The van der Waals surface area contributed by atoms with E-state index in [0.717, 1.165) is 25.7 Å². The first-order valence-electron chi connectivity index (χ1n) is 13.5. The first kappa shape index (κ1) is 31.8. The zero-order chi connectivity index (χ0) is 26.1. The van der Waals surface area contributed by atoms with Crippen LogP contribution >= 0.6 is 0 Å². The molecule has 0 aromatic rings. The van der Waals surface area contributed by atoms with Crippen molar-refractivity contribution in [2.24, 2.45) is 0 Å². The average Bonchev–Trinajstić information content (AvgIpc) is 2.81. The van der Waals surface area contributed by atoms with Crippen LogP contribution in [-0.4, -0.2) is 75.8 Å². The number of carboxylic acid groups (broad SMARTS) is 1. The van der Waals surface area contributed by atoms with Crippen LogP contribution in [0.5, 0.6) is 0 Å². The minimum atomic E-state index is -1.50. The van der Waals surface area contributed by atoms with E-state index in [-0.39, 0.29) is 19.1 Å². The Hall–Kier alpha value is -1.26. The maximum Gasteiger partial charge on any atom is 0.303 e. The molecule has 9 nitrogen and oxygen atoms in total. The summed E-state index contributed by atoms with van der Waals surface area (Å²) >= 11 is 0. The van der Waals surface area contributed by atoms with E-state index >= 15 is 0 Å². The van der Waals surface area contributed by atoms with Gasteiger partial charge in [-0.3, -0.25) is 9.59 Å². The number of hydrogen-bond donors (Lipinski definition) is 4. The summed E-state index contributed by atoms with van der Waals surface area (Å²) in [5, 5.41) is 39.7. The maximum absolute atomic E-state index is 11.1. The van der Waals surface area contributed by atoms with E-state index in [1.165, 1.54) is 51.9 Å². The van der Waals surface area contributed by atoms with Gasteiger partial charge in [0.25, 0.3) is 0 Å². The highest BCUT2D eigenvalue weighted by Gasteiger charge is 2.45. The van der Waals surface area contributed by atoms with Crippen LogP contribution in [0, 0.1) is 0 Å². The molecule has 1 aliphatic rings. The number of ether oxygens (including phenoxy) is 3. The Kier molecular flexibility index (Phi) is 17.2. The summed E-state index contributed by atoms with van der Waals surface area (Å²) in [6.07, 6.45) is 7.84. The molecule has 1 fully saturated rings. The molecule has 9 heteroatoms. The third-order valence-corrected chi connectivity index (χ3v) is 6.49. The monoisotopic (exact) mass is 504 g/mol. The van der Waals surface area contributed by atoms with Gasteiger partial charge in [0.1, 0.15) is 31.0 Å². The molecule has 1 heterocycles. The molecule has 0 spiro atoms. The van der Waals surface area contributed by atoms with Gasteiger partial charge < -0.3 is 34.6 Å². The summed E-state index contributed by atoms with van der Waals surface area (Å²) in [6.45, 7) is 3.19. The average molecular weight is 505 g/mol. The SMILES string of the molecule is CCCCCCCCCCCCC(CCCCC(=O)O)OC1OC(COC(C)=O)C(O)C(O)C1O. The summed E-state index contributed by atoms with van der Waals surface area (Å²) in [4.78, 5) is 21.9. The Morgan fingerprint density at radius 1 is 0.800 bits per heavy atom. The van der Waals surface area contributed by atoms with Crippen LogP contribution in [0.2, 0.25) is 0 Å². The van der Waals surface area contributed by atoms with Gasteiger partial charge in [-0.15, -0.1) is 0 Å². The highest BCUT2D eigenvalue weighted by atomic mass is 16.7. The second-order valence-corrected chi connectivity index (χ2v) is 9.69. The Balaban J connectivity index is 2.52. The third-order valence-electron chi connectivity index (χ3n) is 6.49. The molecule has 4 N–H and O–H groups in total. The Labute approximate surface area is 210 Å². The summed E-state index contributed by atoms with van der Waals surface area (Å²) in [7, 11) is 0. The second-order valence-electron chi connectivity index (χ2n) is 9.69. The number of aliphatic hydroxyl groups excluding tert-OH is 3. The topological polar surface area (TPSA) is 143 Å². The number of rotatable bonds is 20. The van der Waals surface area contributed by atoms with Crippen LogP contribution in [0.4, 0.5) is 0 Å². The van der Waals surface area contributed by atoms with Crippen LogP contribution in [0.25, 0.3) is 0 Å². The molecule has 0 saturated carbocycles. The van der Waals surface area contributed by atoms with Crippen molar-refractivity contribution in [3.05, 3.63) is 0 Å². The van der Waals surface area contributed by atoms with Gasteiger partial charge in [-0.25, -0.2) is 0 Å². The summed E-state index contributed by atoms with van der Waals surface area (Å²) in [5.41, 5.74) is 0. The molecule has 0 aliphatic carbocycles. The molecule has 6 atom stereocenters. The molecule has 1 rings (SSSR count). The van der Waals surface area contributed by atoms with E-state index in [2.05, 4.69) is 6.92 Å². The molecule has 0 bridgehead atoms. The Bertz CT molecular complexity index is 571. The summed E-state index contributed by atoms with van der Waals surface area (Å²) in [5.74, 6) is -1.38. The molecule has 0 aromatic heterocycles. The van der Waals surface area contributed by atoms with E-state index < -0.39 is 42.6 Å². The quantitative estimate of drug-likeness (QED) is 0.144. The van der Waals surface area contributed by atoms with Crippen molar-refractivity contribution < 1.29 is 44.2 Å². The van der Waals surface area contributed by atoms with Gasteiger partial charge in [0.15, 0.2) is 6.29 Å². The van der Waals surface area contributed by atoms with Crippen LogP contribution in [0.3, 0.4) is 0 Å². The lowest BCUT2D eigenvalue weighted by atomic mass is 9.98. The number of carboxylic acids is 1. The van der Waals surface area contributed by atoms with Crippen LogP contribution in [0.1, 0.15) is 110 Å². The maximum atomic E-state index is 11.1. The summed E-state index contributed by atoms with van der Waals surface area (Å²) in [6, 6.07) is 0. The first-order valence-corrected chi connectivity index (χ1v) is 13.5. The lowest BCUT2D eigenvalue weighted by Gasteiger charge is -2.41. The lowest BCUT2D eigenvalue weighted by Crippen LogP contribution is -2.60. The molecule has 35 heavy (non-hydrogen) atoms. The van der Waals surface area contributed by atoms with Crippen LogP contribution in [0.15, 0.2) is 0 Å². The fourth-order valence-electron chi connectivity index (χ4n) is 4.34. The van der Waals surface area contributed by atoms with Gasteiger partial charge >= 0.3 is 11.9 Å². The van der Waals surface area contributed by atoms with E-state index in [1.54, 1.807) is 0 Å². The molecule has 0 radical (unpaired) electrons. The molecule has 6 unspecified atom stereocenters. The number of carbonyl (C=O) groups is 2. The molecular weight excluding hydrogens is 456 g/mol. The van der Waals surface area contributed by atoms with E-state index in [9.17, 15) is 24.9 Å². The molecule has 1 saturated heterocycles. The van der Waals surface area contributed by atoms with Gasteiger partial charge in [0.2, 0.25) is 0 Å². The van der Waals surface area contributed by atoms with Crippen molar-refractivity contribution in [1.82, 2.24) is 0 Å². The second kappa shape index (κ2) is 18.9. The van der Waals surface area contributed by atoms with Gasteiger partial charge in [-0.2, -0.15) is 0 Å². The van der Waals surface area contributed by atoms with Gasteiger partial charge in [0, 0.05) is 13.3 Å². The third kappa shape index (κ3) is 14.2. The highest BCUT2D eigenvalue weighted by Crippen LogP contribution is 2.26. The minimum absolute atomic E-state index is 0.0862. The van der Waals surface area contributed by atoms with E-state index in [1.807, 2.05) is 0 Å². The largest absolute Gasteiger partial charge is 0.481 e. The molecule has 1 aliphatic heterocycles. The lowest BCUT2D eigenvalue weighted by molar-refractivity contribution is -0.312. The minimum Gasteiger partial charge on any atom is -0.481 e. The Morgan fingerprint density at radius 2 is 1.34 bits per heavy atom. The predicted octanol–water partition coefficient (Wildman–Crippen LogP) is 3.70. The highest BCUT2D eigenvalue weighted by molar-refractivity contribution is 5.66. The van der Waals surface area contributed by atoms with Crippen LogP contribution < -0.4 is 0 Å². The van der Waals surface area contributed by atoms with E-state index in [4.69, 9.17) is 19.3 Å². The number of hydrogen-bond acceptors (Lipinski definition) is 8. The smallest absolute Gasteiger partial charge is 0.303 e. The number of esters is 1. The van der Waals surface area contributed by atoms with Crippen molar-refractivity contribution in [3.63, 3.8) is 0 Å². The van der Waals surface area contributed by atoms with Crippen molar-refractivity contribution in [1.29, 1.82) is 0 Å². The molecule has 206 valence electrons. The molecule has 0 amide bonds. The number of aliphatic carboxylic acids is 1.